The number of aryl methyl sites for hydroxylation is 2. The fourth-order valence-electron chi connectivity index (χ4n) is 2.03. The Bertz CT molecular complexity index is 534. The van der Waals surface area contributed by atoms with Gasteiger partial charge in [0, 0.05) is 16.7 Å². The quantitative estimate of drug-likeness (QED) is 0.844. The second-order valence-corrected chi connectivity index (χ2v) is 5.35. The molecule has 0 aromatic heterocycles. The van der Waals surface area contributed by atoms with Gasteiger partial charge in [0.05, 0.1) is 0 Å². The molecule has 0 aliphatic heterocycles. The monoisotopic (exact) mass is 303 g/mol. The molecule has 18 heavy (non-hydrogen) atoms. The van der Waals surface area contributed by atoms with Gasteiger partial charge in [-0.05, 0) is 48.2 Å². The standard InChI is InChI=1S/C16H18BrN/c1-3-13-10-15(17)8-9-16(13)18-11-14-7-5-4-6-12(14)2/h4-10,18H,3,11H2,1-2H3. The van der Waals surface area contributed by atoms with Crippen LogP contribution in [0.2, 0.25) is 0 Å². The van der Waals surface area contributed by atoms with Crippen molar-refractivity contribution in [1.82, 2.24) is 0 Å². The maximum Gasteiger partial charge on any atom is 0.0403 e. The van der Waals surface area contributed by atoms with Gasteiger partial charge in [-0.25, -0.2) is 0 Å². The van der Waals surface area contributed by atoms with Crippen molar-refractivity contribution in [2.45, 2.75) is 26.8 Å². The number of halogens is 1. The first-order valence-electron chi connectivity index (χ1n) is 6.27. The minimum atomic E-state index is 0.876. The summed E-state index contributed by atoms with van der Waals surface area (Å²) in [5, 5.41) is 3.53. The molecule has 1 nitrogen and oxygen atoms in total. The van der Waals surface area contributed by atoms with Crippen LogP contribution in [0.15, 0.2) is 46.9 Å². The van der Waals surface area contributed by atoms with E-state index >= 15 is 0 Å². The highest BCUT2D eigenvalue weighted by Crippen LogP contribution is 2.22. The average molecular weight is 304 g/mol. The normalized spacial score (nSPS) is 10.4. The van der Waals surface area contributed by atoms with Gasteiger partial charge in [0.1, 0.15) is 0 Å². The van der Waals surface area contributed by atoms with Gasteiger partial charge < -0.3 is 5.32 Å². The fourth-order valence-corrected chi connectivity index (χ4v) is 2.43. The van der Waals surface area contributed by atoms with E-state index in [4.69, 9.17) is 0 Å². The maximum atomic E-state index is 3.53. The Morgan fingerprint density at radius 2 is 1.83 bits per heavy atom. The maximum absolute atomic E-state index is 3.53. The van der Waals surface area contributed by atoms with Gasteiger partial charge in [0.2, 0.25) is 0 Å². The van der Waals surface area contributed by atoms with E-state index in [1.165, 1.54) is 22.4 Å². The van der Waals surface area contributed by atoms with E-state index < -0.39 is 0 Å². The van der Waals surface area contributed by atoms with E-state index in [1.807, 2.05) is 0 Å². The van der Waals surface area contributed by atoms with Crippen molar-refractivity contribution in [3.05, 3.63) is 63.6 Å². The van der Waals surface area contributed by atoms with Crippen LogP contribution in [0.4, 0.5) is 5.69 Å². The van der Waals surface area contributed by atoms with Crippen LogP contribution in [0, 0.1) is 6.92 Å². The topological polar surface area (TPSA) is 12.0 Å². The molecule has 0 unspecified atom stereocenters. The molecule has 0 saturated carbocycles. The Morgan fingerprint density at radius 1 is 1.06 bits per heavy atom. The molecule has 0 radical (unpaired) electrons. The van der Waals surface area contributed by atoms with Gasteiger partial charge in [-0.2, -0.15) is 0 Å². The van der Waals surface area contributed by atoms with Crippen LogP contribution < -0.4 is 5.32 Å². The van der Waals surface area contributed by atoms with Crippen molar-refractivity contribution in [1.29, 1.82) is 0 Å². The molecule has 2 aromatic rings. The third-order valence-corrected chi connectivity index (χ3v) is 3.67. The summed E-state index contributed by atoms with van der Waals surface area (Å²) in [4.78, 5) is 0. The average Bonchev–Trinajstić information content (AvgIpc) is 2.39. The van der Waals surface area contributed by atoms with E-state index in [0.717, 1.165) is 17.4 Å². The van der Waals surface area contributed by atoms with Crippen molar-refractivity contribution in [3.8, 4) is 0 Å². The molecule has 0 bridgehead atoms. The second kappa shape index (κ2) is 6.05. The van der Waals surface area contributed by atoms with Gasteiger partial charge in [0.25, 0.3) is 0 Å². The van der Waals surface area contributed by atoms with Crippen molar-refractivity contribution >= 4 is 21.6 Å². The highest BCUT2D eigenvalue weighted by atomic mass is 79.9. The number of hydrogen-bond donors (Lipinski definition) is 1. The number of anilines is 1. The van der Waals surface area contributed by atoms with Crippen LogP contribution in [0.3, 0.4) is 0 Å². The molecule has 0 heterocycles. The summed E-state index contributed by atoms with van der Waals surface area (Å²) >= 11 is 3.52. The highest BCUT2D eigenvalue weighted by molar-refractivity contribution is 9.10. The molecule has 2 rings (SSSR count). The van der Waals surface area contributed by atoms with Crippen LogP contribution in [0.25, 0.3) is 0 Å². The van der Waals surface area contributed by atoms with Crippen LogP contribution in [0.5, 0.6) is 0 Å². The Hall–Kier alpha value is -1.28. The molecule has 0 spiro atoms. The zero-order valence-electron chi connectivity index (χ0n) is 10.8. The molecule has 0 atom stereocenters. The molecule has 0 aliphatic carbocycles. The summed E-state index contributed by atoms with van der Waals surface area (Å²) < 4.78 is 1.14. The van der Waals surface area contributed by atoms with Gasteiger partial charge in [-0.1, -0.05) is 47.1 Å². The Kier molecular flexibility index (Phi) is 4.43. The Balaban J connectivity index is 2.13. The van der Waals surface area contributed by atoms with Crippen LogP contribution in [-0.4, -0.2) is 0 Å². The number of hydrogen-bond acceptors (Lipinski definition) is 1. The first kappa shape index (κ1) is 13.2. The Labute approximate surface area is 117 Å². The van der Waals surface area contributed by atoms with Gasteiger partial charge in [-0.3, -0.25) is 0 Å². The largest absolute Gasteiger partial charge is 0.381 e. The first-order valence-corrected chi connectivity index (χ1v) is 7.07. The van der Waals surface area contributed by atoms with E-state index in [-0.39, 0.29) is 0 Å². The lowest BCUT2D eigenvalue weighted by atomic mass is 10.1. The van der Waals surface area contributed by atoms with E-state index in [9.17, 15) is 0 Å². The molecule has 0 amide bonds. The summed E-state index contributed by atoms with van der Waals surface area (Å²) in [6.45, 7) is 5.21. The molecule has 0 saturated heterocycles. The highest BCUT2D eigenvalue weighted by Gasteiger charge is 2.02. The van der Waals surface area contributed by atoms with Gasteiger partial charge in [-0.15, -0.1) is 0 Å². The molecule has 1 N–H and O–H groups in total. The molecule has 0 aliphatic rings. The zero-order chi connectivity index (χ0) is 13.0. The predicted octanol–water partition coefficient (Wildman–Crippen LogP) is 4.93. The van der Waals surface area contributed by atoms with Crippen LogP contribution in [-0.2, 0) is 13.0 Å². The minimum Gasteiger partial charge on any atom is -0.381 e. The summed E-state index contributed by atoms with van der Waals surface area (Å²) in [6.07, 6.45) is 1.04. The van der Waals surface area contributed by atoms with Gasteiger partial charge in [0.15, 0.2) is 0 Å². The third-order valence-electron chi connectivity index (χ3n) is 3.18. The van der Waals surface area contributed by atoms with Crippen molar-refractivity contribution in [3.63, 3.8) is 0 Å². The summed E-state index contributed by atoms with van der Waals surface area (Å²) in [5.74, 6) is 0. The van der Waals surface area contributed by atoms with Crippen LogP contribution in [0.1, 0.15) is 23.6 Å². The van der Waals surface area contributed by atoms with E-state index in [0.29, 0.717) is 0 Å². The Morgan fingerprint density at radius 3 is 2.56 bits per heavy atom. The number of nitrogens with one attached hydrogen (secondary N) is 1. The molecule has 2 heteroatoms. The van der Waals surface area contributed by atoms with Gasteiger partial charge >= 0.3 is 0 Å². The van der Waals surface area contributed by atoms with Crippen molar-refractivity contribution in [2.75, 3.05) is 5.32 Å². The smallest absolute Gasteiger partial charge is 0.0403 e. The molecular formula is C16H18BrN. The lowest BCUT2D eigenvalue weighted by Crippen LogP contribution is -2.03. The minimum absolute atomic E-state index is 0.876. The number of rotatable bonds is 4. The molecular weight excluding hydrogens is 286 g/mol. The van der Waals surface area contributed by atoms with E-state index in [2.05, 4.69) is 77.6 Å². The summed E-state index contributed by atoms with van der Waals surface area (Å²) in [7, 11) is 0. The third kappa shape index (κ3) is 3.14. The SMILES string of the molecule is CCc1cc(Br)ccc1NCc1ccccc1C. The lowest BCUT2D eigenvalue weighted by Gasteiger charge is -2.12. The number of benzene rings is 2. The summed E-state index contributed by atoms with van der Waals surface area (Å²) in [5.41, 5.74) is 5.25. The summed E-state index contributed by atoms with van der Waals surface area (Å²) in [6, 6.07) is 14.9. The van der Waals surface area contributed by atoms with Crippen LogP contribution >= 0.6 is 15.9 Å². The predicted molar refractivity (Wildman–Crippen MR) is 82.0 cm³/mol. The molecule has 94 valence electrons. The van der Waals surface area contributed by atoms with E-state index in [1.54, 1.807) is 0 Å². The van der Waals surface area contributed by atoms with Crippen molar-refractivity contribution < 1.29 is 0 Å². The fraction of sp³-hybridized carbons (Fsp3) is 0.250. The zero-order valence-corrected chi connectivity index (χ0v) is 12.4. The lowest BCUT2D eigenvalue weighted by molar-refractivity contribution is 1.08. The second-order valence-electron chi connectivity index (χ2n) is 4.44. The molecule has 0 fully saturated rings. The molecule has 2 aromatic carbocycles. The van der Waals surface area contributed by atoms with Crippen molar-refractivity contribution in [2.24, 2.45) is 0 Å². The first-order chi connectivity index (χ1) is 8.70.